The van der Waals surface area contributed by atoms with Crippen LogP contribution in [0.15, 0.2) is 11.6 Å². The second-order valence-electron chi connectivity index (χ2n) is 16.1. The number of esters is 1. The van der Waals surface area contributed by atoms with Crippen LogP contribution in [-0.2, 0) is 14.3 Å². The Labute approximate surface area is 235 Å². The van der Waals surface area contributed by atoms with Crippen molar-refractivity contribution in [2.45, 2.75) is 118 Å². The Morgan fingerprint density at radius 2 is 1.67 bits per heavy atom. The van der Waals surface area contributed by atoms with Crippen molar-refractivity contribution in [3.63, 3.8) is 0 Å². The molecule has 3 unspecified atom stereocenters. The van der Waals surface area contributed by atoms with Crippen LogP contribution < -0.4 is 0 Å². The summed E-state index contributed by atoms with van der Waals surface area (Å²) in [5.74, 6) is 0.322. The molecule has 220 valence electrons. The van der Waals surface area contributed by atoms with Gasteiger partial charge in [-0.25, -0.2) is 0 Å². The first-order valence-corrected chi connectivity index (χ1v) is 15.4. The maximum Gasteiger partial charge on any atom is 0.311 e. The molecule has 0 amide bonds. The Balaban J connectivity index is 1.52. The average Bonchev–Trinajstić information content (AvgIpc) is 2.87. The number of hydrogen-bond acceptors (Lipinski definition) is 6. The van der Waals surface area contributed by atoms with E-state index < -0.39 is 18.1 Å². The Bertz CT molecular complexity index is 1060. The van der Waals surface area contributed by atoms with Gasteiger partial charge < -0.3 is 20.1 Å². The van der Waals surface area contributed by atoms with Crippen LogP contribution in [-0.4, -0.2) is 52.5 Å². The van der Waals surface area contributed by atoms with E-state index in [1.165, 1.54) is 5.57 Å². The first-order valence-electron chi connectivity index (χ1n) is 15.4. The third-order valence-corrected chi connectivity index (χ3v) is 13.7. The zero-order valence-corrected chi connectivity index (χ0v) is 25.3. The fraction of sp³-hybridized carbons (Fsp3) is 0.879. The number of ketones is 1. The van der Waals surface area contributed by atoms with E-state index in [-0.39, 0.29) is 63.4 Å². The molecule has 0 aromatic rings. The fourth-order valence-electron chi connectivity index (χ4n) is 10.8. The summed E-state index contributed by atoms with van der Waals surface area (Å²) in [4.78, 5) is 27.7. The van der Waals surface area contributed by atoms with E-state index in [4.69, 9.17) is 9.84 Å². The molecule has 0 spiro atoms. The highest BCUT2D eigenvalue weighted by molar-refractivity contribution is 5.95. The van der Waals surface area contributed by atoms with Crippen LogP contribution in [0, 0.1) is 50.2 Å². The zero-order chi connectivity index (χ0) is 28.8. The normalized spacial score (nSPS) is 49.5. The van der Waals surface area contributed by atoms with Crippen molar-refractivity contribution in [2.24, 2.45) is 50.2 Å². The average molecular weight is 545 g/mol. The summed E-state index contributed by atoms with van der Waals surface area (Å²) in [7, 11) is 0. The van der Waals surface area contributed by atoms with Gasteiger partial charge in [-0.1, -0.05) is 47.1 Å². The van der Waals surface area contributed by atoms with Crippen LogP contribution in [0.2, 0.25) is 0 Å². The number of fused-ring (bicyclic) bond motifs is 7. The van der Waals surface area contributed by atoms with Crippen molar-refractivity contribution in [1.82, 2.24) is 0 Å². The molecule has 3 N–H and O–H groups in total. The van der Waals surface area contributed by atoms with Crippen LogP contribution in [0.5, 0.6) is 0 Å². The Kier molecular flexibility index (Phi) is 6.85. The molecule has 4 fully saturated rings. The van der Waals surface area contributed by atoms with Gasteiger partial charge in [0.25, 0.3) is 0 Å². The number of rotatable bonds is 4. The van der Waals surface area contributed by atoms with Gasteiger partial charge in [0, 0.05) is 5.92 Å². The van der Waals surface area contributed by atoms with E-state index in [0.29, 0.717) is 12.3 Å². The van der Waals surface area contributed by atoms with Gasteiger partial charge in [-0.15, -0.1) is 0 Å². The summed E-state index contributed by atoms with van der Waals surface area (Å²) in [6.45, 7) is 15.2. The smallest absolute Gasteiger partial charge is 0.311 e. The predicted octanol–water partition coefficient (Wildman–Crippen LogP) is 5.22. The molecule has 39 heavy (non-hydrogen) atoms. The number of carbonyl (C=O) groups excluding carboxylic acids is 2. The lowest BCUT2D eigenvalue weighted by Gasteiger charge is -2.70. The molecule has 0 aromatic carbocycles. The molecule has 0 bridgehead atoms. The van der Waals surface area contributed by atoms with Crippen LogP contribution in [0.3, 0.4) is 0 Å². The Morgan fingerprint density at radius 1 is 1.00 bits per heavy atom. The maximum atomic E-state index is 14.4. The van der Waals surface area contributed by atoms with E-state index >= 15 is 0 Å². The van der Waals surface area contributed by atoms with Crippen LogP contribution >= 0.6 is 0 Å². The minimum Gasteiger partial charge on any atom is -0.462 e. The number of carbonyl (C=O) groups is 2. The van der Waals surface area contributed by atoms with Gasteiger partial charge in [-0.3, -0.25) is 9.59 Å². The minimum absolute atomic E-state index is 0.0390. The topological polar surface area (TPSA) is 104 Å². The second kappa shape index (κ2) is 9.13. The maximum absolute atomic E-state index is 14.4. The first kappa shape index (κ1) is 29.3. The fourth-order valence-corrected chi connectivity index (χ4v) is 10.8. The van der Waals surface area contributed by atoms with Gasteiger partial charge in [0.15, 0.2) is 5.78 Å². The number of hydrogen-bond donors (Lipinski definition) is 3. The van der Waals surface area contributed by atoms with E-state index in [2.05, 4.69) is 41.5 Å². The quantitative estimate of drug-likeness (QED) is 0.419. The molecular formula is C33H52O6. The number of aliphatic hydroxyl groups is 3. The first-order chi connectivity index (χ1) is 18.0. The molecule has 5 aliphatic rings. The van der Waals surface area contributed by atoms with Crippen molar-refractivity contribution in [2.75, 3.05) is 13.2 Å². The zero-order valence-electron chi connectivity index (χ0n) is 25.3. The summed E-state index contributed by atoms with van der Waals surface area (Å²) in [5, 5.41) is 29.8. The van der Waals surface area contributed by atoms with Crippen molar-refractivity contribution in [3.8, 4) is 0 Å². The van der Waals surface area contributed by atoms with Crippen LogP contribution in [0.1, 0.15) is 106 Å². The van der Waals surface area contributed by atoms with Crippen LogP contribution in [0.25, 0.3) is 0 Å². The minimum atomic E-state index is -1.07. The lowest BCUT2D eigenvalue weighted by molar-refractivity contribution is -0.202. The highest BCUT2D eigenvalue weighted by atomic mass is 16.5. The van der Waals surface area contributed by atoms with Crippen LogP contribution in [0.4, 0.5) is 0 Å². The Morgan fingerprint density at radius 3 is 2.33 bits per heavy atom. The SMILES string of the molecule is CC1(C)C2CC[C@]3(C)C(C(=O)C=C4[C@H]5C[C@@](C)(C(=O)OCC(O)CO)CC[C@]5(C)CC[C@]43C)[C@@]2(C)CC[C@@H]1O. The van der Waals surface area contributed by atoms with Crippen molar-refractivity contribution < 1.29 is 29.6 Å². The number of aliphatic hydroxyl groups excluding tert-OH is 3. The monoisotopic (exact) mass is 544 g/mol. The molecule has 0 saturated heterocycles. The van der Waals surface area contributed by atoms with Gasteiger partial charge in [-0.2, -0.15) is 0 Å². The number of allylic oxidation sites excluding steroid dienone is 2. The molecule has 5 aliphatic carbocycles. The Hall–Kier alpha value is -1.24. The predicted molar refractivity (Wildman–Crippen MR) is 149 cm³/mol. The van der Waals surface area contributed by atoms with Crippen molar-refractivity contribution in [1.29, 1.82) is 0 Å². The molecule has 0 radical (unpaired) electrons. The van der Waals surface area contributed by atoms with E-state index in [9.17, 15) is 19.8 Å². The number of ether oxygens (including phenoxy) is 1. The molecule has 6 heteroatoms. The summed E-state index contributed by atoms with van der Waals surface area (Å²) < 4.78 is 5.48. The lowest BCUT2D eigenvalue weighted by atomic mass is 9.33. The second-order valence-corrected chi connectivity index (χ2v) is 16.1. The van der Waals surface area contributed by atoms with Crippen molar-refractivity contribution >= 4 is 11.8 Å². The highest BCUT2D eigenvalue weighted by Gasteiger charge is 2.70. The molecule has 0 aromatic heterocycles. The molecular weight excluding hydrogens is 492 g/mol. The third kappa shape index (κ3) is 3.97. The highest BCUT2D eigenvalue weighted by Crippen LogP contribution is 2.75. The molecule has 10 atom stereocenters. The van der Waals surface area contributed by atoms with Gasteiger partial charge >= 0.3 is 5.97 Å². The van der Waals surface area contributed by atoms with Crippen molar-refractivity contribution in [3.05, 3.63) is 11.6 Å². The van der Waals surface area contributed by atoms with Gasteiger partial charge in [0.2, 0.25) is 0 Å². The van der Waals surface area contributed by atoms with Gasteiger partial charge in [-0.05, 0) is 110 Å². The van der Waals surface area contributed by atoms with E-state index in [1.54, 1.807) is 0 Å². The lowest BCUT2D eigenvalue weighted by Crippen LogP contribution is -2.66. The van der Waals surface area contributed by atoms with Gasteiger partial charge in [0.05, 0.1) is 18.1 Å². The summed E-state index contributed by atoms with van der Waals surface area (Å²) in [5.41, 5.74) is -0.0375. The standard InChI is InChI=1S/C33H52O6/c1-28(2)24-8-11-33(7)26(31(24,5)10-9-25(28)37)23(36)16-21-22-17-30(4,27(38)39-19-20(35)18-34)13-12-29(22,3)14-15-32(21,33)6/h16,20,22,24-26,34-35,37H,8-15,17-19H2,1-7H3/t20?,22-,24?,25+,26?,29-,30+,31+,32-,33-/m1/s1. The molecule has 6 nitrogen and oxygen atoms in total. The third-order valence-electron chi connectivity index (χ3n) is 13.7. The van der Waals surface area contributed by atoms with E-state index in [1.807, 2.05) is 13.0 Å². The van der Waals surface area contributed by atoms with Gasteiger partial charge in [0.1, 0.15) is 12.7 Å². The summed E-state index contributed by atoms with van der Waals surface area (Å²) in [6, 6.07) is 0. The van der Waals surface area contributed by atoms with E-state index in [0.717, 1.165) is 51.4 Å². The molecule has 5 rings (SSSR count). The largest absolute Gasteiger partial charge is 0.462 e. The summed E-state index contributed by atoms with van der Waals surface area (Å²) in [6.07, 6.45) is 8.69. The molecule has 4 saturated carbocycles. The molecule has 0 heterocycles. The molecule has 0 aliphatic heterocycles. The summed E-state index contributed by atoms with van der Waals surface area (Å²) >= 11 is 0.